The van der Waals surface area contributed by atoms with Gasteiger partial charge in [0, 0.05) is 20.7 Å². The third kappa shape index (κ3) is 9.20. The molecule has 2 bridgehead atoms. The highest BCUT2D eigenvalue weighted by atomic mass is 32.2. The van der Waals surface area contributed by atoms with Crippen molar-refractivity contribution in [3.8, 4) is 0 Å². The minimum atomic E-state index is -3.96. The van der Waals surface area contributed by atoms with Gasteiger partial charge in [0.05, 0.1) is 5.75 Å². The standard InChI is InChI=1S/C31H50N2O8SSi/c1-29(2,3)40-26(34)31-17-15-25(33(31)28(36)39-22-23-13-11-10-12-14-23)24(21-31)16-18-32(27(35)41-30(4,5)6)42(37,38)19-20-43(7,8)9/h10-14,24-25H,15-22H2,1-9H3/t24-,25-,31+/m1/s1. The first-order valence-electron chi connectivity index (χ1n) is 15.1. The molecular weight excluding hydrogens is 589 g/mol. The average Bonchev–Trinajstić information content (AvgIpc) is 3.39. The van der Waals surface area contributed by atoms with E-state index in [1.807, 2.05) is 30.3 Å². The fraction of sp³-hybridized carbons (Fsp3) is 0.710. The molecule has 0 unspecified atom stereocenters. The zero-order valence-corrected chi connectivity index (χ0v) is 29.1. The van der Waals surface area contributed by atoms with Crippen molar-refractivity contribution in [1.82, 2.24) is 9.21 Å². The normalized spacial score (nSPS) is 22.3. The Kier molecular flexibility index (Phi) is 10.4. The Morgan fingerprint density at radius 3 is 2.16 bits per heavy atom. The highest BCUT2D eigenvalue weighted by molar-refractivity contribution is 7.89. The Morgan fingerprint density at radius 1 is 1.00 bits per heavy atom. The maximum absolute atomic E-state index is 13.7. The number of ether oxygens (including phenoxy) is 3. The van der Waals surface area contributed by atoms with Gasteiger partial charge < -0.3 is 14.2 Å². The maximum Gasteiger partial charge on any atom is 0.424 e. The van der Waals surface area contributed by atoms with Crippen LogP contribution in [0.4, 0.5) is 9.59 Å². The van der Waals surface area contributed by atoms with Crippen molar-refractivity contribution >= 4 is 36.3 Å². The van der Waals surface area contributed by atoms with Crippen LogP contribution in [0, 0.1) is 5.92 Å². The Morgan fingerprint density at radius 2 is 1.60 bits per heavy atom. The van der Waals surface area contributed by atoms with Gasteiger partial charge in [0.2, 0.25) is 10.0 Å². The smallest absolute Gasteiger partial charge is 0.424 e. The number of nitrogens with zero attached hydrogens (tertiary/aromatic N) is 2. The van der Waals surface area contributed by atoms with E-state index >= 15 is 0 Å². The number of hydrogen-bond donors (Lipinski definition) is 0. The van der Waals surface area contributed by atoms with Gasteiger partial charge >= 0.3 is 18.2 Å². The van der Waals surface area contributed by atoms with Gasteiger partial charge in [-0.2, -0.15) is 0 Å². The molecule has 2 aliphatic rings. The molecule has 0 aliphatic carbocycles. The SMILES string of the molecule is CC(C)(C)OC(=O)N(CC[C@@H]1C[C@]2(C(=O)OC(C)(C)C)CC[C@H]1N2C(=O)OCc1ccccc1)S(=O)(=O)CC[Si](C)(C)C. The van der Waals surface area contributed by atoms with Crippen molar-refractivity contribution in [2.24, 2.45) is 5.92 Å². The van der Waals surface area contributed by atoms with E-state index in [0.29, 0.717) is 25.3 Å². The zero-order valence-electron chi connectivity index (χ0n) is 27.3. The van der Waals surface area contributed by atoms with Gasteiger partial charge in [-0.3, -0.25) is 4.90 Å². The number of benzene rings is 1. The second kappa shape index (κ2) is 12.8. The van der Waals surface area contributed by atoms with Crippen LogP contribution in [-0.4, -0.2) is 78.9 Å². The molecule has 12 heteroatoms. The lowest BCUT2D eigenvalue weighted by Crippen LogP contribution is -2.53. The maximum atomic E-state index is 13.7. The molecule has 0 saturated carbocycles. The quantitative estimate of drug-likeness (QED) is 0.169. The lowest BCUT2D eigenvalue weighted by molar-refractivity contribution is -0.166. The van der Waals surface area contributed by atoms with Crippen molar-refractivity contribution in [3.05, 3.63) is 35.9 Å². The van der Waals surface area contributed by atoms with Gasteiger partial charge in [0.1, 0.15) is 23.3 Å². The molecule has 0 spiro atoms. The van der Waals surface area contributed by atoms with Crippen molar-refractivity contribution < 1.29 is 37.0 Å². The number of esters is 1. The molecule has 2 aliphatic heterocycles. The summed E-state index contributed by atoms with van der Waals surface area (Å²) >= 11 is 0. The molecular formula is C31H50N2O8SSi. The third-order valence-corrected chi connectivity index (χ3v) is 11.6. The van der Waals surface area contributed by atoms with Gasteiger partial charge in [0.15, 0.2) is 0 Å². The summed E-state index contributed by atoms with van der Waals surface area (Å²) in [6, 6.07) is 9.44. The number of amides is 2. The van der Waals surface area contributed by atoms with Crippen LogP contribution in [0.25, 0.3) is 0 Å². The van der Waals surface area contributed by atoms with Gasteiger partial charge in [0.25, 0.3) is 0 Å². The zero-order chi connectivity index (χ0) is 32.4. The fourth-order valence-electron chi connectivity index (χ4n) is 5.71. The molecule has 3 rings (SSSR count). The van der Waals surface area contributed by atoms with Crippen molar-refractivity contribution in [1.29, 1.82) is 0 Å². The number of carbonyl (C=O) groups excluding carboxylic acids is 3. The number of sulfonamides is 1. The van der Waals surface area contributed by atoms with E-state index in [4.69, 9.17) is 14.2 Å². The molecule has 0 N–H and O–H groups in total. The van der Waals surface area contributed by atoms with Crippen molar-refractivity contribution in [3.63, 3.8) is 0 Å². The molecule has 2 fully saturated rings. The highest BCUT2D eigenvalue weighted by Crippen LogP contribution is 2.52. The second-order valence-corrected chi connectivity index (χ2v) is 22.6. The topological polar surface area (TPSA) is 120 Å². The van der Waals surface area contributed by atoms with Crippen LogP contribution >= 0.6 is 0 Å². The Labute approximate surface area is 258 Å². The second-order valence-electron chi connectivity index (χ2n) is 15.0. The highest BCUT2D eigenvalue weighted by Gasteiger charge is 2.64. The van der Waals surface area contributed by atoms with E-state index < -0.39 is 53.0 Å². The summed E-state index contributed by atoms with van der Waals surface area (Å²) in [7, 11) is -5.68. The molecule has 1 aromatic rings. The van der Waals surface area contributed by atoms with E-state index in [1.165, 1.54) is 4.90 Å². The summed E-state index contributed by atoms with van der Waals surface area (Å²) in [4.78, 5) is 41.9. The lowest BCUT2D eigenvalue weighted by Gasteiger charge is -2.34. The number of carbonyl (C=O) groups is 3. The van der Waals surface area contributed by atoms with Crippen LogP contribution < -0.4 is 0 Å². The Bertz CT molecular complexity index is 1270. The molecule has 2 amide bonds. The molecule has 10 nitrogen and oxygen atoms in total. The molecule has 242 valence electrons. The summed E-state index contributed by atoms with van der Waals surface area (Å²) in [5.41, 5.74) is -2.04. The number of rotatable bonds is 10. The van der Waals surface area contributed by atoms with Gasteiger partial charge in [-0.1, -0.05) is 50.0 Å². The van der Waals surface area contributed by atoms with Gasteiger partial charge in [-0.25, -0.2) is 27.1 Å². The molecule has 0 radical (unpaired) electrons. The van der Waals surface area contributed by atoms with Gasteiger partial charge in [-0.05, 0) is 84.8 Å². The third-order valence-electron chi connectivity index (χ3n) is 7.72. The summed E-state index contributed by atoms with van der Waals surface area (Å²) < 4.78 is 44.8. The largest absolute Gasteiger partial charge is 0.458 e. The minimum absolute atomic E-state index is 0.0553. The summed E-state index contributed by atoms with van der Waals surface area (Å²) in [6.45, 7) is 16.6. The van der Waals surface area contributed by atoms with Crippen molar-refractivity contribution in [2.75, 3.05) is 12.3 Å². The number of fused-ring (bicyclic) bond motifs is 2. The molecule has 2 saturated heterocycles. The molecule has 1 aromatic carbocycles. The minimum Gasteiger partial charge on any atom is -0.458 e. The van der Waals surface area contributed by atoms with Crippen LogP contribution in [0.15, 0.2) is 30.3 Å². The van der Waals surface area contributed by atoms with Crippen LogP contribution in [0.3, 0.4) is 0 Å². The number of hydrogen-bond acceptors (Lipinski definition) is 8. The molecule has 43 heavy (non-hydrogen) atoms. The summed E-state index contributed by atoms with van der Waals surface area (Å²) in [6.07, 6.45) is 0.0129. The van der Waals surface area contributed by atoms with Crippen LogP contribution in [0.2, 0.25) is 25.7 Å². The van der Waals surface area contributed by atoms with E-state index in [0.717, 1.165) is 9.87 Å². The van der Waals surface area contributed by atoms with E-state index in [9.17, 15) is 22.8 Å². The molecule has 0 aromatic heterocycles. The Hall–Kier alpha value is -2.60. The van der Waals surface area contributed by atoms with Crippen LogP contribution in [0.5, 0.6) is 0 Å². The predicted molar refractivity (Wildman–Crippen MR) is 168 cm³/mol. The van der Waals surface area contributed by atoms with E-state index in [1.54, 1.807) is 41.5 Å². The lowest BCUT2D eigenvalue weighted by atomic mass is 9.79. The van der Waals surface area contributed by atoms with E-state index in [-0.39, 0.29) is 37.3 Å². The van der Waals surface area contributed by atoms with Crippen LogP contribution in [0.1, 0.15) is 72.8 Å². The Balaban J connectivity index is 1.86. The predicted octanol–water partition coefficient (Wildman–Crippen LogP) is 6.18. The summed E-state index contributed by atoms with van der Waals surface area (Å²) in [5, 5.41) is 0. The molecule has 3 atom stereocenters. The van der Waals surface area contributed by atoms with E-state index in [2.05, 4.69) is 19.6 Å². The monoisotopic (exact) mass is 638 g/mol. The van der Waals surface area contributed by atoms with Crippen molar-refractivity contribution in [2.45, 2.75) is 122 Å². The summed E-state index contributed by atoms with van der Waals surface area (Å²) in [5.74, 6) is -0.883. The first-order chi connectivity index (χ1) is 19.6. The first-order valence-corrected chi connectivity index (χ1v) is 20.4. The molecule has 2 heterocycles. The fourth-order valence-corrected chi connectivity index (χ4v) is 10.1. The van der Waals surface area contributed by atoms with Gasteiger partial charge in [-0.15, -0.1) is 0 Å². The first kappa shape index (κ1) is 34.9. The van der Waals surface area contributed by atoms with Crippen LogP contribution in [-0.2, 0) is 35.6 Å². The average molecular weight is 639 g/mol.